The summed E-state index contributed by atoms with van der Waals surface area (Å²) in [6, 6.07) is 11.6. The van der Waals surface area contributed by atoms with Crippen molar-refractivity contribution in [2.75, 3.05) is 19.8 Å². The summed E-state index contributed by atoms with van der Waals surface area (Å²) in [5.41, 5.74) is 8.80. The highest BCUT2D eigenvalue weighted by Crippen LogP contribution is 2.26. The van der Waals surface area contributed by atoms with Crippen molar-refractivity contribution in [1.29, 1.82) is 0 Å². The summed E-state index contributed by atoms with van der Waals surface area (Å²) in [5.74, 6) is 0.336. The van der Waals surface area contributed by atoms with E-state index in [1.54, 1.807) is 6.07 Å². The zero-order chi connectivity index (χ0) is 22.9. The van der Waals surface area contributed by atoms with Crippen LogP contribution in [0.2, 0.25) is 0 Å². The van der Waals surface area contributed by atoms with Gasteiger partial charge in [0.2, 0.25) is 0 Å². The van der Waals surface area contributed by atoms with E-state index in [0.717, 1.165) is 0 Å². The zero-order valence-electron chi connectivity index (χ0n) is 17.1. The van der Waals surface area contributed by atoms with E-state index in [4.69, 9.17) is 25.7 Å². The van der Waals surface area contributed by atoms with Crippen LogP contribution >= 0.6 is 10.7 Å². The zero-order valence-corrected chi connectivity index (χ0v) is 18.7. The van der Waals surface area contributed by atoms with Gasteiger partial charge in [-0.1, -0.05) is 18.2 Å². The van der Waals surface area contributed by atoms with Gasteiger partial charge < -0.3 is 14.8 Å². The first-order valence-corrected chi connectivity index (χ1v) is 11.8. The molecule has 0 saturated heterocycles. The van der Waals surface area contributed by atoms with E-state index in [2.05, 4.69) is 15.3 Å². The molecule has 0 unspecified atom stereocenters. The highest BCUT2D eigenvalue weighted by atomic mass is 35.7. The molecule has 0 fully saturated rings. The lowest BCUT2D eigenvalue weighted by molar-refractivity contribution is 0.0997. The number of carbonyl (C=O) groups excluding carboxylic acids is 1. The first-order valence-electron chi connectivity index (χ1n) is 9.51. The molecule has 9 nitrogen and oxygen atoms in total. The molecule has 11 heteroatoms. The van der Waals surface area contributed by atoms with E-state index in [1.165, 1.54) is 12.1 Å². The molecule has 31 heavy (non-hydrogen) atoms. The fraction of sp³-hybridized carbons (Fsp3) is 0.350. The lowest BCUT2D eigenvalue weighted by Crippen LogP contribution is -2.32. The Morgan fingerprint density at radius 2 is 1.90 bits per heavy atom. The Kier molecular flexibility index (Phi) is 9.14. The standard InChI is InChI=1S/C20H23ClN4O5S/c1-3-29-17-6-4-5-7-18(17)30-11-10-23-14(2)12-15-8-9-16(20(26)24-25-22)19(13-15)31(21,27)28/h4-9,13-14,23H,3,10-12H2,1-2H3/t14-/m1/s1. The van der Waals surface area contributed by atoms with Gasteiger partial charge in [-0.05, 0) is 60.7 Å². The van der Waals surface area contributed by atoms with Gasteiger partial charge in [-0.3, -0.25) is 4.79 Å². The third-order valence-corrected chi connectivity index (χ3v) is 5.58. The van der Waals surface area contributed by atoms with Gasteiger partial charge in [-0.15, -0.1) is 0 Å². The summed E-state index contributed by atoms with van der Waals surface area (Å²) in [6.07, 6.45) is 0.477. The van der Waals surface area contributed by atoms with E-state index < -0.39 is 15.0 Å². The predicted octanol–water partition coefficient (Wildman–Crippen LogP) is 4.06. The predicted molar refractivity (Wildman–Crippen MR) is 117 cm³/mol. The minimum absolute atomic E-state index is 0.0182. The van der Waals surface area contributed by atoms with Crippen molar-refractivity contribution in [3.05, 3.63) is 64.0 Å². The Morgan fingerprint density at radius 1 is 1.23 bits per heavy atom. The lowest BCUT2D eigenvalue weighted by Gasteiger charge is -2.16. The van der Waals surface area contributed by atoms with E-state index in [1.807, 2.05) is 38.1 Å². The average molecular weight is 467 g/mol. The van der Waals surface area contributed by atoms with E-state index >= 15 is 0 Å². The van der Waals surface area contributed by atoms with Crippen LogP contribution in [0.25, 0.3) is 10.4 Å². The summed E-state index contributed by atoms with van der Waals surface area (Å²) >= 11 is 0. The number of azide groups is 1. The number of ether oxygens (including phenoxy) is 2. The van der Waals surface area contributed by atoms with Crippen molar-refractivity contribution in [3.8, 4) is 11.5 Å². The molecular weight excluding hydrogens is 444 g/mol. The van der Waals surface area contributed by atoms with Gasteiger partial charge in [0, 0.05) is 33.7 Å². The third kappa shape index (κ3) is 7.45. The summed E-state index contributed by atoms with van der Waals surface area (Å²) in [5, 5.41) is 6.22. The van der Waals surface area contributed by atoms with Crippen molar-refractivity contribution in [2.24, 2.45) is 5.11 Å². The van der Waals surface area contributed by atoms with E-state index in [0.29, 0.717) is 43.2 Å². The van der Waals surface area contributed by atoms with Crippen LogP contribution in [0.3, 0.4) is 0 Å². The largest absolute Gasteiger partial charge is 0.490 e. The third-order valence-electron chi connectivity index (χ3n) is 4.22. The topological polar surface area (TPSA) is 130 Å². The van der Waals surface area contributed by atoms with Crippen LogP contribution in [0.15, 0.2) is 52.5 Å². The maximum atomic E-state index is 11.9. The van der Waals surface area contributed by atoms with Gasteiger partial charge in [-0.25, -0.2) is 8.42 Å². The second kappa shape index (κ2) is 11.6. The highest BCUT2D eigenvalue weighted by Gasteiger charge is 2.21. The van der Waals surface area contributed by atoms with E-state index in [9.17, 15) is 13.2 Å². The number of hydrogen-bond donors (Lipinski definition) is 1. The molecule has 0 aromatic heterocycles. The normalized spacial score (nSPS) is 12.0. The number of halogens is 1. The van der Waals surface area contributed by atoms with Crippen LogP contribution in [-0.2, 0) is 15.5 Å². The van der Waals surface area contributed by atoms with Gasteiger partial charge in [0.25, 0.3) is 15.0 Å². The quantitative estimate of drug-likeness (QED) is 0.175. The first-order chi connectivity index (χ1) is 14.8. The monoisotopic (exact) mass is 466 g/mol. The van der Waals surface area contributed by atoms with Gasteiger partial charge >= 0.3 is 0 Å². The molecule has 1 atom stereocenters. The minimum Gasteiger partial charge on any atom is -0.490 e. The smallest absolute Gasteiger partial charge is 0.262 e. The molecule has 1 amide bonds. The first kappa shape index (κ1) is 24.5. The number of nitrogens with one attached hydrogen (secondary N) is 1. The molecule has 0 aliphatic rings. The molecule has 0 heterocycles. The van der Waals surface area contributed by atoms with Crippen molar-refractivity contribution < 1.29 is 22.7 Å². The van der Waals surface area contributed by atoms with Gasteiger partial charge in [0.1, 0.15) is 6.61 Å². The number of carbonyl (C=O) groups is 1. The Hall–Kier alpha value is -2.78. The van der Waals surface area contributed by atoms with Gasteiger partial charge in [0.05, 0.1) is 11.5 Å². The molecule has 0 bridgehead atoms. The van der Waals surface area contributed by atoms with E-state index in [-0.39, 0.29) is 16.5 Å². The number of para-hydroxylation sites is 2. The summed E-state index contributed by atoms with van der Waals surface area (Å²) in [7, 11) is 1.26. The lowest BCUT2D eigenvalue weighted by atomic mass is 10.0. The second-order valence-corrected chi connectivity index (χ2v) is 9.08. The maximum Gasteiger partial charge on any atom is 0.262 e. The Morgan fingerprint density at radius 3 is 2.52 bits per heavy atom. The van der Waals surface area contributed by atoms with Crippen LogP contribution in [0.1, 0.15) is 29.8 Å². The van der Waals surface area contributed by atoms with Crippen molar-refractivity contribution >= 4 is 25.6 Å². The summed E-state index contributed by atoms with van der Waals surface area (Å²) in [6.45, 7) is 5.34. The van der Waals surface area contributed by atoms with Crippen molar-refractivity contribution in [3.63, 3.8) is 0 Å². The van der Waals surface area contributed by atoms with Gasteiger partial charge in [-0.2, -0.15) is 0 Å². The number of rotatable bonds is 11. The molecule has 0 aliphatic carbocycles. The minimum atomic E-state index is -4.20. The number of nitrogens with zero attached hydrogens (tertiary/aromatic N) is 3. The van der Waals surface area contributed by atoms with Crippen LogP contribution < -0.4 is 14.8 Å². The number of hydrogen-bond acceptors (Lipinski definition) is 6. The molecule has 2 aromatic rings. The van der Waals surface area contributed by atoms with Crippen LogP contribution in [0.4, 0.5) is 0 Å². The average Bonchev–Trinajstić information content (AvgIpc) is 2.72. The Balaban J connectivity index is 1.97. The molecule has 1 N–H and O–H groups in total. The van der Waals surface area contributed by atoms with Gasteiger partial charge in [0.15, 0.2) is 11.5 Å². The molecule has 0 saturated carbocycles. The fourth-order valence-corrected chi connectivity index (χ4v) is 4.00. The van der Waals surface area contributed by atoms with Crippen LogP contribution in [0.5, 0.6) is 11.5 Å². The van der Waals surface area contributed by atoms with Crippen LogP contribution in [-0.4, -0.2) is 40.1 Å². The molecule has 2 aromatic carbocycles. The molecular formula is C20H23ClN4O5S. The van der Waals surface area contributed by atoms with Crippen LogP contribution in [0, 0.1) is 0 Å². The number of amides is 1. The summed E-state index contributed by atoms with van der Waals surface area (Å²) < 4.78 is 35.0. The second-order valence-electron chi connectivity index (χ2n) is 6.55. The van der Waals surface area contributed by atoms with Crippen molar-refractivity contribution in [2.45, 2.75) is 31.2 Å². The maximum absolute atomic E-state index is 11.9. The molecule has 2 rings (SSSR count). The molecule has 166 valence electrons. The Labute approximate surface area is 185 Å². The Bertz CT molecular complexity index is 1070. The fourth-order valence-electron chi connectivity index (χ4n) is 2.90. The summed E-state index contributed by atoms with van der Waals surface area (Å²) in [4.78, 5) is 13.8. The van der Waals surface area contributed by atoms with Crippen molar-refractivity contribution in [1.82, 2.24) is 5.32 Å². The SMILES string of the molecule is CCOc1ccccc1OCCN[C@H](C)Cc1ccc(C(=O)N=[N+]=[N-])c(S(=O)(=O)Cl)c1. The molecule has 0 radical (unpaired) electrons. The highest BCUT2D eigenvalue weighted by molar-refractivity contribution is 8.13. The number of benzene rings is 2. The molecule has 0 spiro atoms. The molecule has 0 aliphatic heterocycles.